The average Bonchev–Trinajstić information content (AvgIpc) is 2.62. The number of ketones is 1. The van der Waals surface area contributed by atoms with Gasteiger partial charge in [-0.25, -0.2) is 0 Å². The standard InChI is InChI=1S/C15H27NO2/c1-7-10(2)11(3)14(18)16-9-15(5,6)8-13(16)12(4)17/h10-11,13H,7-9H2,1-6H3/t10-,11-,13-/m0/s1. The third kappa shape index (κ3) is 3.12. The van der Waals surface area contributed by atoms with E-state index in [0.717, 1.165) is 12.8 Å². The van der Waals surface area contributed by atoms with Crippen molar-refractivity contribution in [2.24, 2.45) is 17.3 Å². The van der Waals surface area contributed by atoms with Gasteiger partial charge in [-0.2, -0.15) is 0 Å². The molecule has 1 heterocycles. The molecule has 1 saturated heterocycles. The molecule has 0 spiro atoms. The molecular weight excluding hydrogens is 226 g/mol. The van der Waals surface area contributed by atoms with Crippen LogP contribution in [0.15, 0.2) is 0 Å². The van der Waals surface area contributed by atoms with Crippen molar-refractivity contribution in [2.75, 3.05) is 6.54 Å². The van der Waals surface area contributed by atoms with Crippen molar-refractivity contribution in [3.05, 3.63) is 0 Å². The van der Waals surface area contributed by atoms with E-state index in [1.165, 1.54) is 0 Å². The minimum atomic E-state index is -0.209. The predicted octanol–water partition coefficient (Wildman–Crippen LogP) is 2.88. The first-order chi connectivity index (χ1) is 8.19. The van der Waals surface area contributed by atoms with Crippen molar-refractivity contribution in [1.82, 2.24) is 4.90 Å². The summed E-state index contributed by atoms with van der Waals surface area (Å²) in [6.07, 6.45) is 1.79. The van der Waals surface area contributed by atoms with Crippen molar-refractivity contribution >= 4 is 11.7 Å². The van der Waals surface area contributed by atoms with Gasteiger partial charge in [0.05, 0.1) is 6.04 Å². The topological polar surface area (TPSA) is 37.4 Å². The van der Waals surface area contributed by atoms with Crippen LogP contribution in [0.5, 0.6) is 0 Å². The number of amides is 1. The van der Waals surface area contributed by atoms with Crippen LogP contribution in [0.4, 0.5) is 0 Å². The van der Waals surface area contributed by atoms with Crippen LogP contribution in [0.1, 0.15) is 54.4 Å². The molecule has 0 aliphatic carbocycles. The van der Waals surface area contributed by atoms with Crippen molar-refractivity contribution in [1.29, 1.82) is 0 Å². The molecule has 3 heteroatoms. The first kappa shape index (κ1) is 15.2. The van der Waals surface area contributed by atoms with Crippen LogP contribution < -0.4 is 0 Å². The van der Waals surface area contributed by atoms with Crippen LogP contribution in [0.2, 0.25) is 0 Å². The summed E-state index contributed by atoms with van der Waals surface area (Å²) >= 11 is 0. The zero-order valence-corrected chi connectivity index (χ0v) is 12.6. The molecule has 0 saturated carbocycles. The highest BCUT2D eigenvalue weighted by molar-refractivity contribution is 5.89. The highest BCUT2D eigenvalue weighted by atomic mass is 16.2. The fourth-order valence-corrected chi connectivity index (χ4v) is 2.72. The van der Waals surface area contributed by atoms with Gasteiger partial charge in [0.15, 0.2) is 5.78 Å². The van der Waals surface area contributed by atoms with E-state index in [-0.39, 0.29) is 29.1 Å². The molecule has 1 rings (SSSR count). The second kappa shape index (κ2) is 5.41. The molecule has 0 N–H and O–H groups in total. The van der Waals surface area contributed by atoms with Crippen molar-refractivity contribution < 1.29 is 9.59 Å². The molecule has 0 bridgehead atoms. The number of Topliss-reactive ketones (excluding diaryl/α,β-unsaturated/α-hetero) is 1. The average molecular weight is 253 g/mol. The fraction of sp³-hybridized carbons (Fsp3) is 0.867. The zero-order chi connectivity index (χ0) is 14.1. The van der Waals surface area contributed by atoms with Gasteiger partial charge in [0.25, 0.3) is 0 Å². The van der Waals surface area contributed by atoms with Gasteiger partial charge in [-0.15, -0.1) is 0 Å². The van der Waals surface area contributed by atoms with E-state index in [0.29, 0.717) is 12.5 Å². The van der Waals surface area contributed by atoms with Gasteiger partial charge in [-0.05, 0) is 24.7 Å². The minimum Gasteiger partial charge on any atom is -0.332 e. The first-order valence-electron chi connectivity index (χ1n) is 7.00. The van der Waals surface area contributed by atoms with Gasteiger partial charge in [-0.3, -0.25) is 9.59 Å². The summed E-state index contributed by atoms with van der Waals surface area (Å²) < 4.78 is 0. The van der Waals surface area contributed by atoms with E-state index in [1.54, 1.807) is 6.92 Å². The Balaban J connectivity index is 2.86. The Kier molecular flexibility index (Phi) is 4.57. The summed E-state index contributed by atoms with van der Waals surface area (Å²) in [5.41, 5.74) is 0.0567. The van der Waals surface area contributed by atoms with Gasteiger partial charge in [-0.1, -0.05) is 41.0 Å². The lowest BCUT2D eigenvalue weighted by Gasteiger charge is -2.28. The van der Waals surface area contributed by atoms with E-state index >= 15 is 0 Å². The number of nitrogens with zero attached hydrogens (tertiary/aromatic N) is 1. The summed E-state index contributed by atoms with van der Waals surface area (Å²) in [6.45, 7) is 12.8. The molecule has 3 nitrogen and oxygen atoms in total. The highest BCUT2D eigenvalue weighted by Crippen LogP contribution is 2.36. The summed E-state index contributed by atoms with van der Waals surface area (Å²) in [4.78, 5) is 26.1. The molecule has 104 valence electrons. The van der Waals surface area contributed by atoms with E-state index in [1.807, 2.05) is 11.8 Å². The summed E-state index contributed by atoms with van der Waals surface area (Å²) in [5.74, 6) is 0.639. The maximum atomic E-state index is 12.5. The molecule has 0 radical (unpaired) electrons. The van der Waals surface area contributed by atoms with Gasteiger partial charge in [0.1, 0.15) is 0 Å². The van der Waals surface area contributed by atoms with E-state index < -0.39 is 0 Å². The Bertz CT molecular complexity index is 335. The summed E-state index contributed by atoms with van der Waals surface area (Å²) in [6, 6.07) is -0.209. The molecular formula is C15H27NO2. The van der Waals surface area contributed by atoms with Crippen LogP contribution in [0, 0.1) is 17.3 Å². The minimum absolute atomic E-state index is 0.00532. The number of likely N-dealkylation sites (tertiary alicyclic amines) is 1. The Morgan fingerprint density at radius 2 is 1.89 bits per heavy atom. The number of hydrogen-bond donors (Lipinski definition) is 0. The van der Waals surface area contributed by atoms with Gasteiger partial charge in [0.2, 0.25) is 5.91 Å². The van der Waals surface area contributed by atoms with Crippen molar-refractivity contribution in [2.45, 2.75) is 60.4 Å². The Morgan fingerprint density at radius 1 is 1.33 bits per heavy atom. The lowest BCUT2D eigenvalue weighted by molar-refractivity contribution is -0.141. The van der Waals surface area contributed by atoms with Crippen molar-refractivity contribution in [3.63, 3.8) is 0 Å². The molecule has 1 aliphatic rings. The predicted molar refractivity (Wildman–Crippen MR) is 73.2 cm³/mol. The van der Waals surface area contributed by atoms with E-state index in [9.17, 15) is 9.59 Å². The maximum Gasteiger partial charge on any atom is 0.226 e. The van der Waals surface area contributed by atoms with Crippen LogP contribution in [-0.2, 0) is 9.59 Å². The molecule has 18 heavy (non-hydrogen) atoms. The maximum absolute atomic E-state index is 12.5. The summed E-state index contributed by atoms with van der Waals surface area (Å²) in [7, 11) is 0. The van der Waals surface area contributed by atoms with Crippen LogP contribution in [0.3, 0.4) is 0 Å². The second-order valence-corrected chi connectivity index (χ2v) is 6.64. The molecule has 1 fully saturated rings. The second-order valence-electron chi connectivity index (χ2n) is 6.64. The smallest absolute Gasteiger partial charge is 0.226 e. The van der Waals surface area contributed by atoms with Crippen LogP contribution in [0.25, 0.3) is 0 Å². The molecule has 1 aliphatic heterocycles. The number of carbonyl (C=O) groups is 2. The molecule has 3 atom stereocenters. The quantitative estimate of drug-likeness (QED) is 0.772. The SMILES string of the molecule is CC[C@H](C)[C@H](C)C(=O)N1CC(C)(C)C[C@H]1C(C)=O. The Labute approximate surface area is 111 Å². The largest absolute Gasteiger partial charge is 0.332 e. The molecule has 0 aromatic heterocycles. The van der Waals surface area contributed by atoms with E-state index in [4.69, 9.17) is 0 Å². The van der Waals surface area contributed by atoms with Gasteiger partial charge < -0.3 is 4.90 Å². The number of carbonyl (C=O) groups excluding carboxylic acids is 2. The summed E-state index contributed by atoms with van der Waals surface area (Å²) in [5, 5.41) is 0. The first-order valence-corrected chi connectivity index (χ1v) is 7.00. The highest BCUT2D eigenvalue weighted by Gasteiger charge is 2.43. The Morgan fingerprint density at radius 3 is 2.33 bits per heavy atom. The van der Waals surface area contributed by atoms with Gasteiger partial charge >= 0.3 is 0 Å². The third-order valence-electron chi connectivity index (χ3n) is 4.36. The number of rotatable bonds is 4. The van der Waals surface area contributed by atoms with E-state index in [2.05, 4.69) is 27.7 Å². The monoisotopic (exact) mass is 253 g/mol. The Hall–Kier alpha value is -0.860. The normalized spacial score (nSPS) is 25.9. The zero-order valence-electron chi connectivity index (χ0n) is 12.6. The fourth-order valence-electron chi connectivity index (χ4n) is 2.72. The van der Waals surface area contributed by atoms with Gasteiger partial charge in [0, 0.05) is 12.5 Å². The molecule has 0 aromatic carbocycles. The van der Waals surface area contributed by atoms with Crippen LogP contribution >= 0.6 is 0 Å². The van der Waals surface area contributed by atoms with Crippen LogP contribution in [-0.4, -0.2) is 29.2 Å². The molecule has 0 unspecified atom stereocenters. The number of hydrogen-bond acceptors (Lipinski definition) is 2. The van der Waals surface area contributed by atoms with Crippen molar-refractivity contribution in [3.8, 4) is 0 Å². The third-order valence-corrected chi connectivity index (χ3v) is 4.36. The lowest BCUT2D eigenvalue weighted by atomic mass is 9.90. The lowest BCUT2D eigenvalue weighted by Crippen LogP contribution is -2.43. The molecule has 0 aromatic rings. The molecule has 1 amide bonds.